The van der Waals surface area contributed by atoms with Gasteiger partial charge in [0, 0.05) is 18.8 Å². The van der Waals surface area contributed by atoms with Crippen molar-refractivity contribution in [3.8, 4) is 0 Å². The number of aliphatic hydroxyl groups is 1. The Balaban J connectivity index is 0. The lowest BCUT2D eigenvalue weighted by atomic mass is 10.3. The Bertz CT molecular complexity index is 235. The van der Waals surface area contributed by atoms with Crippen molar-refractivity contribution < 1.29 is 24.1 Å². The van der Waals surface area contributed by atoms with Crippen LogP contribution in [0.25, 0.3) is 0 Å². The molecular formula is C16H32O5. The van der Waals surface area contributed by atoms with Crippen LogP contribution in [-0.2, 0) is 19.0 Å². The van der Waals surface area contributed by atoms with Crippen LogP contribution < -0.4 is 0 Å². The zero-order valence-electron chi connectivity index (χ0n) is 13.9. The minimum absolute atomic E-state index is 0.0194. The van der Waals surface area contributed by atoms with E-state index in [1.807, 2.05) is 0 Å². The van der Waals surface area contributed by atoms with Gasteiger partial charge in [-0.1, -0.05) is 33.3 Å². The van der Waals surface area contributed by atoms with Crippen LogP contribution in [0.4, 0.5) is 0 Å². The molecule has 0 amide bonds. The van der Waals surface area contributed by atoms with Gasteiger partial charge in [-0.25, -0.2) is 4.79 Å². The Kier molecular flexibility index (Phi) is 20.3. The van der Waals surface area contributed by atoms with Crippen molar-refractivity contribution in [3.63, 3.8) is 0 Å². The second-order valence-corrected chi connectivity index (χ2v) is 4.57. The molecule has 0 radical (unpaired) electrons. The van der Waals surface area contributed by atoms with E-state index in [4.69, 9.17) is 19.3 Å². The first-order chi connectivity index (χ1) is 10.1. The average molecular weight is 304 g/mol. The second kappa shape index (κ2) is 19.1. The van der Waals surface area contributed by atoms with Crippen LogP contribution in [0.15, 0.2) is 12.2 Å². The number of unbranched alkanes of at least 4 members (excludes halogenated alkanes) is 2. The molecule has 0 spiro atoms. The van der Waals surface area contributed by atoms with E-state index in [1.165, 1.54) is 25.7 Å². The minimum Gasteiger partial charge on any atom is -0.460 e. The maximum Gasteiger partial charge on any atom is 0.333 e. The fourth-order valence-electron chi connectivity index (χ4n) is 1.08. The molecule has 0 aliphatic carbocycles. The second-order valence-electron chi connectivity index (χ2n) is 4.57. The highest BCUT2D eigenvalue weighted by atomic mass is 16.6. The number of hydrogen-bond acceptors (Lipinski definition) is 5. The third kappa shape index (κ3) is 21.5. The number of ether oxygens (including phenoxy) is 3. The van der Waals surface area contributed by atoms with Gasteiger partial charge in [-0.3, -0.25) is 0 Å². The zero-order chi connectivity index (χ0) is 16.3. The highest BCUT2D eigenvalue weighted by molar-refractivity contribution is 5.86. The lowest BCUT2D eigenvalue weighted by Gasteiger charge is -2.03. The van der Waals surface area contributed by atoms with Gasteiger partial charge >= 0.3 is 5.97 Å². The number of esters is 1. The highest BCUT2D eigenvalue weighted by Crippen LogP contribution is 1.92. The van der Waals surface area contributed by atoms with Crippen LogP contribution in [0.5, 0.6) is 0 Å². The van der Waals surface area contributed by atoms with Crippen LogP contribution in [0.2, 0.25) is 0 Å². The third-order valence-electron chi connectivity index (χ3n) is 2.33. The SMILES string of the molecule is C=C(C)C(=O)OCCOCCO.CCCCOCCCC. The normalized spacial score (nSPS) is 9.71. The van der Waals surface area contributed by atoms with Crippen LogP contribution in [0.1, 0.15) is 46.5 Å². The van der Waals surface area contributed by atoms with Crippen LogP contribution in [0.3, 0.4) is 0 Å². The predicted octanol–water partition coefficient (Wildman–Crippen LogP) is 2.72. The number of rotatable bonds is 12. The van der Waals surface area contributed by atoms with E-state index in [2.05, 4.69) is 20.4 Å². The maximum absolute atomic E-state index is 10.7. The monoisotopic (exact) mass is 304 g/mol. The molecule has 1 N–H and O–H groups in total. The van der Waals surface area contributed by atoms with Crippen molar-refractivity contribution in [3.05, 3.63) is 12.2 Å². The summed E-state index contributed by atoms with van der Waals surface area (Å²) in [6, 6.07) is 0. The van der Waals surface area contributed by atoms with E-state index in [9.17, 15) is 4.79 Å². The topological polar surface area (TPSA) is 65.0 Å². The van der Waals surface area contributed by atoms with Crippen molar-refractivity contribution in [2.24, 2.45) is 0 Å². The van der Waals surface area contributed by atoms with Crippen LogP contribution in [0, 0.1) is 0 Å². The Morgan fingerprint density at radius 2 is 1.48 bits per heavy atom. The van der Waals surface area contributed by atoms with Gasteiger partial charge in [-0.2, -0.15) is 0 Å². The Hall–Kier alpha value is -0.910. The minimum atomic E-state index is -0.414. The van der Waals surface area contributed by atoms with Crippen molar-refractivity contribution in [1.82, 2.24) is 0 Å². The third-order valence-corrected chi connectivity index (χ3v) is 2.33. The number of aliphatic hydroxyl groups excluding tert-OH is 1. The van der Waals surface area contributed by atoms with E-state index < -0.39 is 5.97 Å². The summed E-state index contributed by atoms with van der Waals surface area (Å²) < 4.78 is 14.9. The Morgan fingerprint density at radius 3 is 1.90 bits per heavy atom. The molecule has 0 atom stereocenters. The smallest absolute Gasteiger partial charge is 0.333 e. The van der Waals surface area contributed by atoms with Crippen molar-refractivity contribution in [2.75, 3.05) is 39.6 Å². The van der Waals surface area contributed by atoms with Gasteiger partial charge in [-0.05, 0) is 19.8 Å². The van der Waals surface area contributed by atoms with E-state index in [0.717, 1.165) is 13.2 Å². The van der Waals surface area contributed by atoms with Gasteiger partial charge < -0.3 is 19.3 Å². The van der Waals surface area contributed by atoms with E-state index in [-0.39, 0.29) is 19.8 Å². The molecule has 0 unspecified atom stereocenters. The Labute approximate surface area is 129 Å². The zero-order valence-corrected chi connectivity index (χ0v) is 13.9. The number of carbonyl (C=O) groups excluding carboxylic acids is 1. The average Bonchev–Trinajstić information content (AvgIpc) is 2.47. The van der Waals surface area contributed by atoms with Crippen molar-refractivity contribution >= 4 is 5.97 Å². The molecule has 5 nitrogen and oxygen atoms in total. The van der Waals surface area contributed by atoms with E-state index in [1.54, 1.807) is 6.92 Å². The molecule has 0 heterocycles. The van der Waals surface area contributed by atoms with Crippen molar-refractivity contribution in [1.29, 1.82) is 0 Å². The van der Waals surface area contributed by atoms with Gasteiger partial charge in [0.15, 0.2) is 0 Å². The van der Waals surface area contributed by atoms with Gasteiger partial charge in [-0.15, -0.1) is 0 Å². The van der Waals surface area contributed by atoms with Crippen LogP contribution >= 0.6 is 0 Å². The first kappa shape index (κ1) is 22.4. The summed E-state index contributed by atoms with van der Waals surface area (Å²) in [6.07, 6.45) is 4.91. The molecule has 0 bridgehead atoms. The summed E-state index contributed by atoms with van der Waals surface area (Å²) in [6.45, 7) is 12.0. The molecule has 0 fully saturated rings. The molecule has 0 aromatic carbocycles. The first-order valence-corrected chi connectivity index (χ1v) is 7.69. The molecule has 0 saturated heterocycles. The molecule has 0 aliphatic heterocycles. The molecule has 0 aromatic heterocycles. The van der Waals surface area contributed by atoms with Gasteiger partial charge in [0.1, 0.15) is 6.61 Å². The Morgan fingerprint density at radius 1 is 0.952 bits per heavy atom. The number of carbonyl (C=O) groups is 1. The summed E-state index contributed by atoms with van der Waals surface area (Å²) in [5.41, 5.74) is 0.372. The molecule has 0 saturated carbocycles. The summed E-state index contributed by atoms with van der Waals surface area (Å²) in [7, 11) is 0. The van der Waals surface area contributed by atoms with Gasteiger partial charge in [0.25, 0.3) is 0 Å². The fraction of sp³-hybridized carbons (Fsp3) is 0.812. The largest absolute Gasteiger partial charge is 0.460 e. The summed E-state index contributed by atoms with van der Waals surface area (Å²) in [5, 5.41) is 8.32. The first-order valence-electron chi connectivity index (χ1n) is 7.69. The molecular weight excluding hydrogens is 272 g/mol. The molecule has 5 heteroatoms. The quantitative estimate of drug-likeness (QED) is 0.341. The lowest BCUT2D eigenvalue weighted by Crippen LogP contribution is -2.12. The molecule has 126 valence electrons. The standard InChI is InChI=1S/C8H14O4.C8H18O/c1-7(2)8(10)12-6-5-11-4-3-9;1-3-5-7-9-8-6-4-2/h9H,1,3-6H2,2H3;3-8H2,1-2H3. The van der Waals surface area contributed by atoms with E-state index >= 15 is 0 Å². The molecule has 21 heavy (non-hydrogen) atoms. The van der Waals surface area contributed by atoms with Gasteiger partial charge in [0.2, 0.25) is 0 Å². The fourth-order valence-corrected chi connectivity index (χ4v) is 1.08. The van der Waals surface area contributed by atoms with E-state index in [0.29, 0.717) is 12.2 Å². The number of hydrogen-bond donors (Lipinski definition) is 1. The van der Waals surface area contributed by atoms with Crippen LogP contribution in [-0.4, -0.2) is 50.7 Å². The highest BCUT2D eigenvalue weighted by Gasteiger charge is 2.01. The predicted molar refractivity (Wildman–Crippen MR) is 84.3 cm³/mol. The summed E-state index contributed by atoms with van der Waals surface area (Å²) >= 11 is 0. The molecule has 0 rings (SSSR count). The lowest BCUT2D eigenvalue weighted by molar-refractivity contribution is -0.140. The maximum atomic E-state index is 10.7. The van der Waals surface area contributed by atoms with Crippen molar-refractivity contribution in [2.45, 2.75) is 46.5 Å². The summed E-state index contributed by atoms with van der Waals surface area (Å²) in [4.78, 5) is 10.7. The van der Waals surface area contributed by atoms with Gasteiger partial charge in [0.05, 0.1) is 19.8 Å². The summed E-state index contributed by atoms with van der Waals surface area (Å²) in [5.74, 6) is -0.414. The molecule has 0 aliphatic rings. The molecule has 0 aromatic rings.